The molecule has 13 heavy (non-hydrogen) atoms. The minimum absolute atomic E-state index is 0.151. The van der Waals surface area contributed by atoms with Gasteiger partial charge >= 0.3 is 0 Å². The maximum atomic E-state index is 10.7. The SMILES string of the molecule is CCCc1ccc(C(N)=O)cc1O. The first-order valence-electron chi connectivity index (χ1n) is 4.27. The average molecular weight is 179 g/mol. The van der Waals surface area contributed by atoms with Crippen molar-refractivity contribution in [2.45, 2.75) is 19.8 Å². The third-order valence-electron chi connectivity index (χ3n) is 1.89. The maximum Gasteiger partial charge on any atom is 0.248 e. The molecule has 0 aromatic heterocycles. The van der Waals surface area contributed by atoms with Crippen molar-refractivity contribution in [1.82, 2.24) is 0 Å². The molecule has 0 saturated carbocycles. The van der Waals surface area contributed by atoms with Gasteiger partial charge in [-0.15, -0.1) is 0 Å². The number of benzene rings is 1. The van der Waals surface area contributed by atoms with E-state index in [0.29, 0.717) is 5.56 Å². The summed E-state index contributed by atoms with van der Waals surface area (Å²) in [6.07, 6.45) is 1.77. The van der Waals surface area contributed by atoms with Crippen molar-refractivity contribution in [3.63, 3.8) is 0 Å². The molecule has 0 unspecified atom stereocenters. The number of rotatable bonds is 3. The molecule has 0 bridgehead atoms. The van der Waals surface area contributed by atoms with Gasteiger partial charge in [0.2, 0.25) is 5.91 Å². The molecule has 1 aromatic rings. The molecule has 0 atom stereocenters. The van der Waals surface area contributed by atoms with E-state index in [-0.39, 0.29) is 5.75 Å². The maximum absolute atomic E-state index is 10.7. The lowest BCUT2D eigenvalue weighted by Crippen LogP contribution is -2.10. The van der Waals surface area contributed by atoms with Crippen molar-refractivity contribution in [3.8, 4) is 5.75 Å². The first-order chi connectivity index (χ1) is 6.15. The lowest BCUT2D eigenvalue weighted by Gasteiger charge is -2.03. The van der Waals surface area contributed by atoms with Crippen molar-refractivity contribution in [1.29, 1.82) is 0 Å². The van der Waals surface area contributed by atoms with Gasteiger partial charge in [-0.2, -0.15) is 0 Å². The number of carbonyl (C=O) groups excluding carboxylic acids is 1. The molecule has 1 amide bonds. The Hall–Kier alpha value is -1.51. The highest BCUT2D eigenvalue weighted by atomic mass is 16.3. The molecule has 0 aliphatic heterocycles. The molecule has 0 fully saturated rings. The third kappa shape index (κ3) is 2.21. The van der Waals surface area contributed by atoms with Crippen LogP contribution in [0.2, 0.25) is 0 Å². The molecule has 0 aliphatic rings. The van der Waals surface area contributed by atoms with E-state index in [0.717, 1.165) is 18.4 Å². The van der Waals surface area contributed by atoms with Crippen LogP contribution < -0.4 is 5.73 Å². The molecule has 3 nitrogen and oxygen atoms in total. The summed E-state index contributed by atoms with van der Waals surface area (Å²) in [7, 11) is 0. The molecule has 1 rings (SSSR count). The van der Waals surface area contributed by atoms with E-state index in [4.69, 9.17) is 5.73 Å². The number of hydrogen-bond donors (Lipinski definition) is 2. The van der Waals surface area contributed by atoms with E-state index in [1.807, 2.05) is 6.92 Å². The summed E-state index contributed by atoms with van der Waals surface area (Å²) in [4.78, 5) is 10.7. The molecule has 3 heteroatoms. The minimum Gasteiger partial charge on any atom is -0.508 e. The van der Waals surface area contributed by atoms with Gasteiger partial charge in [-0.05, 0) is 24.1 Å². The predicted octanol–water partition coefficient (Wildman–Crippen LogP) is 1.44. The normalized spacial score (nSPS) is 9.92. The molecule has 70 valence electrons. The highest BCUT2D eigenvalue weighted by molar-refractivity contribution is 5.93. The van der Waals surface area contributed by atoms with Crippen molar-refractivity contribution in [2.75, 3.05) is 0 Å². The molecule has 0 radical (unpaired) electrons. The van der Waals surface area contributed by atoms with Gasteiger partial charge in [0.1, 0.15) is 5.75 Å². The third-order valence-corrected chi connectivity index (χ3v) is 1.89. The number of aryl methyl sites for hydroxylation is 1. The van der Waals surface area contributed by atoms with Crippen LogP contribution in [0.15, 0.2) is 18.2 Å². The number of primary amides is 1. The summed E-state index contributed by atoms with van der Waals surface area (Å²) in [6.45, 7) is 2.03. The highest BCUT2D eigenvalue weighted by Gasteiger charge is 2.04. The number of amides is 1. The Balaban J connectivity index is 2.98. The van der Waals surface area contributed by atoms with Crippen LogP contribution in [0.5, 0.6) is 5.75 Å². The fourth-order valence-corrected chi connectivity index (χ4v) is 1.20. The number of aromatic hydroxyl groups is 1. The zero-order valence-corrected chi connectivity index (χ0v) is 7.58. The first-order valence-corrected chi connectivity index (χ1v) is 4.27. The second-order valence-electron chi connectivity index (χ2n) is 2.96. The van der Waals surface area contributed by atoms with E-state index in [1.165, 1.54) is 6.07 Å². The monoisotopic (exact) mass is 179 g/mol. The van der Waals surface area contributed by atoms with Crippen molar-refractivity contribution >= 4 is 5.91 Å². The zero-order valence-electron chi connectivity index (χ0n) is 7.58. The molecule has 1 aromatic carbocycles. The van der Waals surface area contributed by atoms with E-state index in [1.54, 1.807) is 12.1 Å². The van der Waals surface area contributed by atoms with Gasteiger partial charge in [-0.3, -0.25) is 4.79 Å². The lowest BCUT2D eigenvalue weighted by atomic mass is 10.1. The van der Waals surface area contributed by atoms with E-state index in [9.17, 15) is 9.90 Å². The molecular formula is C10H13NO2. The van der Waals surface area contributed by atoms with Crippen molar-refractivity contribution in [2.24, 2.45) is 5.73 Å². The van der Waals surface area contributed by atoms with Crippen molar-refractivity contribution < 1.29 is 9.90 Å². The number of nitrogens with two attached hydrogens (primary N) is 1. The largest absolute Gasteiger partial charge is 0.508 e. The molecular weight excluding hydrogens is 166 g/mol. The number of carbonyl (C=O) groups is 1. The summed E-state index contributed by atoms with van der Waals surface area (Å²) in [5, 5.41) is 9.46. The highest BCUT2D eigenvalue weighted by Crippen LogP contribution is 2.19. The fraction of sp³-hybridized carbons (Fsp3) is 0.300. The van der Waals surface area contributed by atoms with Crippen LogP contribution in [0.3, 0.4) is 0 Å². The van der Waals surface area contributed by atoms with Gasteiger partial charge in [0.15, 0.2) is 0 Å². The topological polar surface area (TPSA) is 63.3 Å². The minimum atomic E-state index is -0.515. The molecule has 3 N–H and O–H groups in total. The Morgan fingerprint density at radius 2 is 2.23 bits per heavy atom. The Labute approximate surface area is 77.2 Å². The second kappa shape index (κ2) is 3.94. The van der Waals surface area contributed by atoms with E-state index >= 15 is 0 Å². The number of hydrogen-bond acceptors (Lipinski definition) is 2. The van der Waals surface area contributed by atoms with E-state index < -0.39 is 5.91 Å². The van der Waals surface area contributed by atoms with Crippen LogP contribution in [0.4, 0.5) is 0 Å². The first kappa shape index (κ1) is 9.58. The average Bonchev–Trinajstić information content (AvgIpc) is 2.08. The quantitative estimate of drug-likeness (QED) is 0.737. The van der Waals surface area contributed by atoms with Gasteiger partial charge in [-0.1, -0.05) is 19.4 Å². The Bertz CT molecular complexity index is 321. The summed E-state index contributed by atoms with van der Waals surface area (Å²) >= 11 is 0. The lowest BCUT2D eigenvalue weighted by molar-refractivity contribution is 0.1000. The molecule has 0 saturated heterocycles. The summed E-state index contributed by atoms with van der Waals surface area (Å²) < 4.78 is 0. The van der Waals surface area contributed by atoms with Crippen LogP contribution in [0, 0.1) is 0 Å². The van der Waals surface area contributed by atoms with Gasteiger partial charge in [0.25, 0.3) is 0 Å². The summed E-state index contributed by atoms with van der Waals surface area (Å²) in [6, 6.07) is 4.78. The number of phenols is 1. The Kier molecular flexibility index (Phi) is 2.90. The van der Waals surface area contributed by atoms with Gasteiger partial charge < -0.3 is 10.8 Å². The summed E-state index contributed by atoms with van der Waals surface area (Å²) in [5.74, 6) is -0.364. The standard InChI is InChI=1S/C10H13NO2/c1-2-3-7-4-5-8(10(11)13)6-9(7)12/h4-6,12H,2-3H2,1H3,(H2,11,13). The Morgan fingerprint density at radius 3 is 2.69 bits per heavy atom. The van der Waals surface area contributed by atoms with Crippen LogP contribution in [0.25, 0.3) is 0 Å². The molecule has 0 aliphatic carbocycles. The van der Waals surface area contributed by atoms with E-state index in [2.05, 4.69) is 0 Å². The van der Waals surface area contributed by atoms with Gasteiger partial charge in [-0.25, -0.2) is 0 Å². The van der Waals surface area contributed by atoms with Gasteiger partial charge in [0.05, 0.1) is 0 Å². The molecule has 0 spiro atoms. The fourth-order valence-electron chi connectivity index (χ4n) is 1.20. The number of phenolic OH excluding ortho intramolecular Hbond substituents is 1. The van der Waals surface area contributed by atoms with Crippen molar-refractivity contribution in [3.05, 3.63) is 29.3 Å². The predicted molar refractivity (Wildman–Crippen MR) is 50.6 cm³/mol. The van der Waals surface area contributed by atoms with Crippen LogP contribution in [-0.4, -0.2) is 11.0 Å². The Morgan fingerprint density at radius 1 is 1.54 bits per heavy atom. The van der Waals surface area contributed by atoms with Crippen LogP contribution in [-0.2, 0) is 6.42 Å². The van der Waals surface area contributed by atoms with Crippen LogP contribution in [0.1, 0.15) is 29.3 Å². The second-order valence-corrected chi connectivity index (χ2v) is 2.96. The van der Waals surface area contributed by atoms with Gasteiger partial charge in [0, 0.05) is 5.56 Å². The zero-order chi connectivity index (χ0) is 9.84. The smallest absolute Gasteiger partial charge is 0.248 e. The van der Waals surface area contributed by atoms with Crippen LogP contribution >= 0.6 is 0 Å². The summed E-state index contributed by atoms with van der Waals surface area (Å²) in [5.41, 5.74) is 6.26. The molecule has 0 heterocycles.